The van der Waals surface area contributed by atoms with Crippen LogP contribution in [0.15, 0.2) is 77.8 Å². The van der Waals surface area contributed by atoms with Gasteiger partial charge in [-0.3, -0.25) is 14.5 Å². The summed E-state index contributed by atoms with van der Waals surface area (Å²) in [7, 11) is 1.63. The van der Waals surface area contributed by atoms with Crippen LogP contribution in [0.4, 0.5) is 24.5 Å². The normalized spacial score (nSPS) is 20.8. The molecule has 2 aromatic heterocycles. The van der Waals surface area contributed by atoms with Gasteiger partial charge in [0.2, 0.25) is 0 Å². The monoisotopic (exact) mass is 901 g/mol. The standard InChI is InChI=1S/C51H54F3N7O3S/c1-29-31(3)65-50-46(29)48(55-30(2)49-57-56-32(4)61(49)50)38-24-41(53)43(26-40(38)52)59-17-15-51(63,16-18-59)28-58-19-21-60(22-20-58)44-27-45(64-5)39(25-42(44)54)47-36(33-9-7-6-8-10-33)13-11-34-23-35(62)12-14-37(34)47/h6-10,12,14,23-27,30,36,47,62-63H,11,13,15-22,28H2,1-5H3/t30-,36-,47+/m0/s1. The molecule has 10 nitrogen and oxygen atoms in total. The number of anilines is 2. The summed E-state index contributed by atoms with van der Waals surface area (Å²) in [5.41, 5.74) is 5.97. The number of halogens is 3. The Hall–Kier alpha value is -5.70. The number of aryl methyl sites for hydroxylation is 3. The van der Waals surface area contributed by atoms with Crippen LogP contribution in [0.3, 0.4) is 0 Å². The number of aromatic hydroxyl groups is 1. The Morgan fingerprint density at radius 1 is 0.815 bits per heavy atom. The van der Waals surface area contributed by atoms with E-state index in [1.165, 1.54) is 17.7 Å². The molecular formula is C51H54F3N7O3S. The Morgan fingerprint density at radius 3 is 2.26 bits per heavy atom. The molecule has 3 aliphatic heterocycles. The predicted octanol–water partition coefficient (Wildman–Crippen LogP) is 9.31. The first-order valence-electron chi connectivity index (χ1n) is 22.6. The molecule has 338 valence electrons. The number of hydrogen-bond acceptors (Lipinski definition) is 10. The number of aliphatic hydroxyl groups is 1. The topological polar surface area (TPSA) is 102 Å². The molecule has 0 saturated carbocycles. The molecular weight excluding hydrogens is 848 g/mol. The van der Waals surface area contributed by atoms with Gasteiger partial charge in [0, 0.05) is 85.4 Å². The van der Waals surface area contributed by atoms with Crippen molar-refractivity contribution in [3.8, 4) is 16.5 Å². The number of fused-ring (bicyclic) bond motifs is 4. The molecule has 3 atom stereocenters. The summed E-state index contributed by atoms with van der Waals surface area (Å²) >= 11 is 1.57. The SMILES string of the molecule is COc1cc(N2CCN(CC3(O)CCN(c4cc(F)c(C5=N[C@@H](C)c6nnc(C)n6-c6sc(C)c(C)c65)cc4F)CC3)CC2)c(F)cc1[C@H]1c2ccc(O)cc2CC[C@H]1c1ccccc1. The van der Waals surface area contributed by atoms with Gasteiger partial charge in [0.25, 0.3) is 0 Å². The third kappa shape index (κ3) is 7.76. The highest BCUT2D eigenvalue weighted by atomic mass is 32.1. The molecule has 2 fully saturated rings. The van der Waals surface area contributed by atoms with E-state index in [4.69, 9.17) is 9.73 Å². The Balaban J connectivity index is 0.811. The minimum absolute atomic E-state index is 0.102. The number of piperidine rings is 1. The van der Waals surface area contributed by atoms with E-state index in [0.717, 1.165) is 50.5 Å². The molecule has 0 bridgehead atoms. The second-order valence-corrected chi connectivity index (χ2v) is 19.5. The van der Waals surface area contributed by atoms with Gasteiger partial charge in [0.05, 0.1) is 29.8 Å². The number of hydrogen-bond donors (Lipinski definition) is 2. The first-order valence-corrected chi connectivity index (χ1v) is 23.4. The molecule has 4 aliphatic rings. The zero-order chi connectivity index (χ0) is 45.3. The fourth-order valence-corrected chi connectivity index (χ4v) is 12.0. The number of phenols is 1. The zero-order valence-corrected chi connectivity index (χ0v) is 38.2. The number of methoxy groups -OCH3 is 1. The maximum Gasteiger partial charge on any atom is 0.162 e. The minimum Gasteiger partial charge on any atom is -0.508 e. The molecule has 5 heterocycles. The van der Waals surface area contributed by atoms with Crippen molar-refractivity contribution in [1.82, 2.24) is 19.7 Å². The van der Waals surface area contributed by atoms with E-state index in [0.29, 0.717) is 87.5 Å². The lowest BCUT2D eigenvalue weighted by molar-refractivity contribution is -0.0174. The van der Waals surface area contributed by atoms with Crippen LogP contribution in [-0.4, -0.2) is 94.1 Å². The van der Waals surface area contributed by atoms with Crippen molar-refractivity contribution in [3.63, 3.8) is 0 Å². The van der Waals surface area contributed by atoms with Crippen LogP contribution in [0.1, 0.15) is 99.5 Å². The average molecular weight is 902 g/mol. The van der Waals surface area contributed by atoms with E-state index in [-0.39, 0.29) is 34.7 Å². The minimum atomic E-state index is -1.01. The Bertz CT molecular complexity index is 2810. The molecule has 6 aromatic rings. The fraction of sp³-hybridized carbons (Fsp3) is 0.392. The molecule has 14 heteroatoms. The number of aromatic nitrogens is 3. The lowest BCUT2D eigenvalue weighted by atomic mass is 9.69. The first-order chi connectivity index (χ1) is 31.3. The number of benzene rings is 4. The Labute approximate surface area is 381 Å². The number of β-amino-alcohol motifs (C(OH)–C–C–N with tert-alkyl or cyclic N) is 1. The highest BCUT2D eigenvalue weighted by Gasteiger charge is 2.39. The van der Waals surface area contributed by atoms with Crippen molar-refractivity contribution < 1.29 is 28.1 Å². The van der Waals surface area contributed by atoms with Crippen molar-refractivity contribution >= 4 is 28.4 Å². The Kier molecular flexibility index (Phi) is 11.3. The van der Waals surface area contributed by atoms with Crippen molar-refractivity contribution in [2.45, 2.75) is 76.9 Å². The number of phenolic OH excluding ortho intramolecular Hbond substituents is 1. The largest absolute Gasteiger partial charge is 0.508 e. The van der Waals surface area contributed by atoms with Gasteiger partial charge in [0.1, 0.15) is 45.8 Å². The third-order valence-electron chi connectivity index (χ3n) is 14.4. The van der Waals surface area contributed by atoms with Gasteiger partial charge in [-0.25, -0.2) is 13.2 Å². The summed E-state index contributed by atoms with van der Waals surface area (Å²) in [6, 6.07) is 21.4. The lowest BCUT2D eigenvalue weighted by Gasteiger charge is -2.44. The van der Waals surface area contributed by atoms with E-state index in [1.807, 2.05) is 78.5 Å². The summed E-state index contributed by atoms with van der Waals surface area (Å²) in [6.07, 6.45) is 2.44. The van der Waals surface area contributed by atoms with Crippen LogP contribution in [0.2, 0.25) is 0 Å². The number of nitrogens with zero attached hydrogens (tertiary/aromatic N) is 7. The van der Waals surface area contributed by atoms with Gasteiger partial charge < -0.3 is 24.7 Å². The fourth-order valence-electron chi connectivity index (χ4n) is 10.8. The average Bonchev–Trinajstić information content (AvgIpc) is 3.79. The van der Waals surface area contributed by atoms with Crippen LogP contribution in [0, 0.1) is 38.2 Å². The zero-order valence-electron chi connectivity index (χ0n) is 37.4. The van der Waals surface area contributed by atoms with Crippen molar-refractivity contribution in [1.29, 1.82) is 0 Å². The summed E-state index contributed by atoms with van der Waals surface area (Å²) in [5.74, 6) is 0.738. The molecule has 0 unspecified atom stereocenters. The van der Waals surface area contributed by atoms with Crippen LogP contribution in [0.25, 0.3) is 5.00 Å². The Morgan fingerprint density at radius 2 is 1.52 bits per heavy atom. The van der Waals surface area contributed by atoms with Gasteiger partial charge in [0.15, 0.2) is 5.82 Å². The smallest absolute Gasteiger partial charge is 0.162 e. The van der Waals surface area contributed by atoms with Crippen LogP contribution >= 0.6 is 11.3 Å². The van der Waals surface area contributed by atoms with E-state index in [9.17, 15) is 10.2 Å². The van der Waals surface area contributed by atoms with Crippen LogP contribution < -0.4 is 14.5 Å². The molecule has 1 aliphatic carbocycles. The predicted molar refractivity (Wildman–Crippen MR) is 249 cm³/mol. The van der Waals surface area contributed by atoms with E-state index in [1.54, 1.807) is 30.6 Å². The van der Waals surface area contributed by atoms with Crippen LogP contribution in [-0.2, 0) is 6.42 Å². The second-order valence-electron chi connectivity index (χ2n) is 18.3. The lowest BCUT2D eigenvalue weighted by Crippen LogP contribution is -2.55. The number of thiophene rings is 1. The third-order valence-corrected chi connectivity index (χ3v) is 15.6. The number of piperazine rings is 1. The van der Waals surface area contributed by atoms with Gasteiger partial charge >= 0.3 is 0 Å². The van der Waals surface area contributed by atoms with Crippen molar-refractivity contribution in [2.24, 2.45) is 4.99 Å². The van der Waals surface area contributed by atoms with E-state index >= 15 is 13.2 Å². The van der Waals surface area contributed by atoms with Gasteiger partial charge in [-0.05, 0) is 106 Å². The maximum atomic E-state index is 16.5. The molecule has 0 spiro atoms. The quantitative estimate of drug-likeness (QED) is 0.156. The molecule has 65 heavy (non-hydrogen) atoms. The molecule has 0 radical (unpaired) electrons. The molecule has 2 saturated heterocycles. The van der Waals surface area contributed by atoms with E-state index < -0.39 is 23.3 Å². The number of aliphatic imine (C=N–C) groups is 1. The van der Waals surface area contributed by atoms with Gasteiger partial charge in [-0.2, -0.15) is 0 Å². The van der Waals surface area contributed by atoms with Crippen LogP contribution in [0.5, 0.6) is 11.5 Å². The number of ether oxygens (including phenoxy) is 1. The maximum absolute atomic E-state index is 16.5. The van der Waals surface area contributed by atoms with Crippen molar-refractivity contribution in [3.05, 3.63) is 146 Å². The summed E-state index contributed by atoms with van der Waals surface area (Å²) in [4.78, 5) is 12.1. The molecule has 4 aromatic carbocycles. The van der Waals surface area contributed by atoms with Crippen molar-refractivity contribution in [2.75, 3.05) is 62.7 Å². The van der Waals surface area contributed by atoms with Gasteiger partial charge in [-0.1, -0.05) is 36.4 Å². The molecule has 10 rings (SSSR count). The van der Waals surface area contributed by atoms with E-state index in [2.05, 4.69) is 27.2 Å². The highest BCUT2D eigenvalue weighted by molar-refractivity contribution is 7.15. The summed E-state index contributed by atoms with van der Waals surface area (Å²) in [6.45, 7) is 11.3. The summed E-state index contributed by atoms with van der Waals surface area (Å²) < 4.78 is 57.0. The van der Waals surface area contributed by atoms with Gasteiger partial charge in [-0.15, -0.1) is 21.5 Å². The number of rotatable bonds is 8. The highest BCUT2D eigenvalue weighted by Crippen LogP contribution is 2.50. The summed E-state index contributed by atoms with van der Waals surface area (Å²) in [5, 5.41) is 31.7. The second kappa shape index (κ2) is 16.9. The molecule has 0 amide bonds. The molecule has 2 N–H and O–H groups in total. The first kappa shape index (κ1) is 43.2.